The Labute approximate surface area is 227 Å². The standard InChI is InChI=1S/C25H30O7.C2H7N.CH4O.H2O.2H2/c1-14(28)9-22(30)20(13-27)17(7-8-26)10-16-11-19-18(24-6-3-15(2)32-24)4-5-21(29)25(19)23(31)12-16;1-3-2;1-2;;;/h3-6,16-17,20,26-27,29H,7-13H2,1-2H3;3H,1-2H3;2H,1H3;1H2;2*1H. The fraction of sp³-hybridized carbons (Fsp3) is 0.536. The predicted octanol–water partition coefficient (Wildman–Crippen LogP) is 2.36. The summed E-state index contributed by atoms with van der Waals surface area (Å²) in [6.45, 7) is 2.58. The summed E-state index contributed by atoms with van der Waals surface area (Å²) in [5.41, 5.74) is 1.76. The maximum Gasteiger partial charge on any atom is 0.167 e. The lowest BCUT2D eigenvalue weighted by Gasteiger charge is -2.31. The van der Waals surface area contributed by atoms with E-state index in [9.17, 15) is 29.7 Å². The van der Waals surface area contributed by atoms with E-state index < -0.39 is 12.5 Å². The number of phenolic OH excluding ortho intramolecular Hbond substituents is 1. The lowest BCUT2D eigenvalue weighted by molar-refractivity contribution is -0.131. The van der Waals surface area contributed by atoms with Crippen molar-refractivity contribution in [3.63, 3.8) is 0 Å². The van der Waals surface area contributed by atoms with Gasteiger partial charge in [0.25, 0.3) is 0 Å². The monoisotopic (exact) mass is 541 g/mol. The topological polar surface area (TPSA) is 189 Å². The van der Waals surface area contributed by atoms with Crippen LogP contribution in [0.3, 0.4) is 0 Å². The molecule has 3 rings (SSSR count). The smallest absolute Gasteiger partial charge is 0.167 e. The Morgan fingerprint density at radius 3 is 2.26 bits per heavy atom. The number of aliphatic hydroxyl groups excluding tert-OH is 3. The molecule has 1 aromatic carbocycles. The third kappa shape index (κ3) is 9.45. The molecule has 1 aliphatic carbocycles. The minimum Gasteiger partial charge on any atom is -0.507 e. The first-order valence-electron chi connectivity index (χ1n) is 12.4. The van der Waals surface area contributed by atoms with E-state index in [1.54, 1.807) is 6.07 Å². The van der Waals surface area contributed by atoms with Gasteiger partial charge in [-0.25, -0.2) is 0 Å². The molecule has 7 N–H and O–H groups in total. The molecule has 3 atom stereocenters. The zero-order valence-corrected chi connectivity index (χ0v) is 22.9. The molecule has 1 aliphatic rings. The molecular formula is C28H47NO9. The van der Waals surface area contributed by atoms with Gasteiger partial charge in [-0.05, 0) is 88.9 Å². The van der Waals surface area contributed by atoms with Crippen molar-refractivity contribution >= 4 is 17.3 Å². The number of hydrogen-bond donors (Lipinski definition) is 5. The Balaban J connectivity index is -0.00000160. The van der Waals surface area contributed by atoms with Crippen LogP contribution in [-0.2, 0) is 16.0 Å². The molecule has 0 aliphatic heterocycles. The number of benzene rings is 1. The van der Waals surface area contributed by atoms with Crippen molar-refractivity contribution in [2.24, 2.45) is 17.8 Å². The van der Waals surface area contributed by atoms with Gasteiger partial charge in [0.05, 0.1) is 18.6 Å². The Morgan fingerprint density at radius 2 is 1.76 bits per heavy atom. The van der Waals surface area contributed by atoms with Gasteiger partial charge in [0.15, 0.2) is 5.78 Å². The zero-order valence-electron chi connectivity index (χ0n) is 22.9. The molecule has 0 bridgehead atoms. The Hall–Kier alpha value is -2.89. The van der Waals surface area contributed by atoms with Crippen LogP contribution in [0.25, 0.3) is 11.3 Å². The minimum absolute atomic E-state index is 0. The van der Waals surface area contributed by atoms with E-state index in [-0.39, 0.29) is 69.1 Å². The van der Waals surface area contributed by atoms with Gasteiger partial charge < -0.3 is 35.6 Å². The molecule has 0 radical (unpaired) electrons. The number of aliphatic hydroxyl groups is 3. The lowest BCUT2D eigenvalue weighted by atomic mass is 9.72. The number of aromatic hydroxyl groups is 1. The quantitative estimate of drug-likeness (QED) is 0.281. The number of Topliss-reactive ketones (excluding diaryl/α,β-unsaturated/α-hetero) is 3. The van der Waals surface area contributed by atoms with Crippen LogP contribution in [0.5, 0.6) is 5.75 Å². The molecule has 38 heavy (non-hydrogen) atoms. The molecule has 0 spiro atoms. The molecule has 218 valence electrons. The summed E-state index contributed by atoms with van der Waals surface area (Å²) in [5, 5.41) is 39.5. The molecule has 0 fully saturated rings. The highest BCUT2D eigenvalue weighted by Crippen LogP contribution is 2.41. The van der Waals surface area contributed by atoms with Crippen molar-refractivity contribution in [1.29, 1.82) is 0 Å². The first-order chi connectivity index (χ1) is 17.7. The third-order valence-electron chi connectivity index (χ3n) is 6.28. The summed E-state index contributed by atoms with van der Waals surface area (Å²) < 4.78 is 5.75. The number of carbonyl (C=O) groups is 3. The number of nitrogens with one attached hydrogen (secondary N) is 1. The second-order valence-electron chi connectivity index (χ2n) is 9.24. The number of carbonyl (C=O) groups excluding carboxylic acids is 3. The molecule has 10 nitrogen and oxygen atoms in total. The Kier molecular flexibility index (Phi) is 16.3. The van der Waals surface area contributed by atoms with Crippen LogP contribution in [0.2, 0.25) is 0 Å². The van der Waals surface area contributed by atoms with Gasteiger partial charge in [0, 0.05) is 34.5 Å². The highest BCUT2D eigenvalue weighted by Gasteiger charge is 2.35. The maximum atomic E-state index is 13.0. The summed E-state index contributed by atoms with van der Waals surface area (Å²) in [7, 11) is 4.75. The summed E-state index contributed by atoms with van der Waals surface area (Å²) >= 11 is 0. The van der Waals surface area contributed by atoms with E-state index in [4.69, 9.17) is 9.52 Å². The second-order valence-corrected chi connectivity index (χ2v) is 9.24. The van der Waals surface area contributed by atoms with E-state index >= 15 is 0 Å². The minimum atomic E-state index is -0.765. The molecule has 3 unspecified atom stereocenters. The third-order valence-corrected chi connectivity index (χ3v) is 6.28. The van der Waals surface area contributed by atoms with Crippen molar-refractivity contribution in [1.82, 2.24) is 5.32 Å². The van der Waals surface area contributed by atoms with Gasteiger partial charge in [0.1, 0.15) is 28.8 Å². The molecule has 0 saturated heterocycles. The Bertz CT molecular complexity index is 1040. The number of hydrogen-bond acceptors (Lipinski definition) is 9. The largest absolute Gasteiger partial charge is 0.507 e. The highest BCUT2D eigenvalue weighted by atomic mass is 16.3. The number of phenols is 1. The maximum absolute atomic E-state index is 13.0. The average Bonchev–Trinajstić information content (AvgIpc) is 3.27. The van der Waals surface area contributed by atoms with E-state index in [0.29, 0.717) is 29.7 Å². The summed E-state index contributed by atoms with van der Waals surface area (Å²) in [6.07, 6.45) is 1.16. The fourth-order valence-electron chi connectivity index (χ4n) is 4.83. The van der Waals surface area contributed by atoms with Gasteiger partial charge in [-0.3, -0.25) is 14.4 Å². The van der Waals surface area contributed by atoms with Crippen LogP contribution in [0.4, 0.5) is 0 Å². The number of furan rings is 1. The van der Waals surface area contributed by atoms with Crippen LogP contribution < -0.4 is 5.32 Å². The highest BCUT2D eigenvalue weighted by molar-refractivity contribution is 6.03. The normalized spacial score (nSPS) is 15.5. The first kappa shape index (κ1) is 35.1. The van der Waals surface area contributed by atoms with Crippen LogP contribution in [-0.4, -0.2) is 77.7 Å². The van der Waals surface area contributed by atoms with Gasteiger partial charge in [-0.1, -0.05) is 0 Å². The van der Waals surface area contributed by atoms with Crippen LogP contribution in [0, 0.1) is 24.7 Å². The van der Waals surface area contributed by atoms with Crippen LogP contribution in [0.15, 0.2) is 28.7 Å². The van der Waals surface area contributed by atoms with Gasteiger partial charge >= 0.3 is 0 Å². The van der Waals surface area contributed by atoms with Gasteiger partial charge in [-0.2, -0.15) is 0 Å². The fourth-order valence-corrected chi connectivity index (χ4v) is 4.83. The van der Waals surface area contributed by atoms with Crippen molar-refractivity contribution < 1.29 is 47.6 Å². The van der Waals surface area contributed by atoms with Crippen molar-refractivity contribution in [3.05, 3.63) is 41.2 Å². The van der Waals surface area contributed by atoms with Gasteiger partial charge in [-0.15, -0.1) is 0 Å². The van der Waals surface area contributed by atoms with E-state index in [1.165, 1.54) is 13.0 Å². The molecular weight excluding hydrogens is 494 g/mol. The molecule has 10 heteroatoms. The Morgan fingerprint density at radius 1 is 1.13 bits per heavy atom. The van der Waals surface area contributed by atoms with Gasteiger partial charge in [0.2, 0.25) is 0 Å². The van der Waals surface area contributed by atoms with Crippen molar-refractivity contribution in [3.8, 4) is 17.1 Å². The zero-order chi connectivity index (χ0) is 28.1. The second kappa shape index (κ2) is 17.6. The number of ketones is 3. The van der Waals surface area contributed by atoms with E-state index in [2.05, 4.69) is 5.32 Å². The van der Waals surface area contributed by atoms with Crippen molar-refractivity contribution in [2.45, 2.75) is 46.0 Å². The molecule has 0 saturated carbocycles. The number of fused-ring (bicyclic) bond motifs is 1. The van der Waals surface area contributed by atoms with Crippen LogP contribution >= 0.6 is 0 Å². The first-order valence-corrected chi connectivity index (χ1v) is 12.4. The van der Waals surface area contributed by atoms with E-state index in [0.717, 1.165) is 18.4 Å². The number of rotatable bonds is 10. The molecule has 1 aromatic heterocycles. The SMILES string of the molecule is CC(=O)CC(=O)C(CO)C(CCO)CC1CC(=O)c2c(O)ccc(-c3ccc(C)o3)c2C1.CNC.CO.O.[HH].[HH]. The van der Waals surface area contributed by atoms with Crippen molar-refractivity contribution in [2.75, 3.05) is 34.4 Å². The average molecular weight is 542 g/mol. The summed E-state index contributed by atoms with van der Waals surface area (Å²) in [5.74, 6) is -0.770. The molecule has 2 aromatic rings. The molecule has 1 heterocycles. The van der Waals surface area contributed by atoms with E-state index in [1.807, 2.05) is 33.2 Å². The van der Waals surface area contributed by atoms with Crippen LogP contribution in [0.1, 0.15) is 57.1 Å². The summed E-state index contributed by atoms with van der Waals surface area (Å²) in [4.78, 5) is 36.9. The number of aryl methyl sites for hydroxylation is 1. The summed E-state index contributed by atoms with van der Waals surface area (Å²) in [6, 6.07) is 6.90. The predicted molar refractivity (Wildman–Crippen MR) is 148 cm³/mol. The molecule has 0 amide bonds. The lowest BCUT2D eigenvalue weighted by Crippen LogP contribution is -2.32.